The molecule has 1 saturated heterocycles. The van der Waals surface area contributed by atoms with Crippen LogP contribution in [0.1, 0.15) is 44.2 Å². The molecule has 2 N–H and O–H groups in total. The normalized spacial score (nSPS) is 15.7. The van der Waals surface area contributed by atoms with Gasteiger partial charge in [0.05, 0.1) is 16.8 Å². The van der Waals surface area contributed by atoms with Crippen molar-refractivity contribution in [2.24, 2.45) is 0 Å². The number of anilines is 2. The van der Waals surface area contributed by atoms with Crippen molar-refractivity contribution < 1.29 is 19.1 Å². The molecule has 0 aromatic heterocycles. The lowest BCUT2D eigenvalue weighted by Crippen LogP contribution is -2.21. The molecule has 5 nitrogen and oxygen atoms in total. The molecule has 6 heteroatoms. The third-order valence-corrected chi connectivity index (χ3v) is 5.67. The summed E-state index contributed by atoms with van der Waals surface area (Å²) in [5, 5.41) is 12.2. The minimum Gasteiger partial charge on any atom is -0.478 e. The van der Waals surface area contributed by atoms with Crippen LogP contribution in [0.15, 0.2) is 66.7 Å². The summed E-state index contributed by atoms with van der Waals surface area (Å²) in [5.74, 6) is -2.12. The SMILES string of the molecule is Cc1cccc(C2CCN(c3ccc(NC(=O)c4ccccc4F)c(C(=O)O)c3)C2)c1. The number of benzene rings is 3. The molecule has 1 heterocycles. The number of halogens is 1. The van der Waals surface area contributed by atoms with Crippen LogP contribution in [0.3, 0.4) is 0 Å². The van der Waals surface area contributed by atoms with Crippen LogP contribution in [0, 0.1) is 12.7 Å². The largest absolute Gasteiger partial charge is 0.478 e. The third-order valence-electron chi connectivity index (χ3n) is 5.67. The number of nitrogens with one attached hydrogen (secondary N) is 1. The minimum absolute atomic E-state index is 0.0267. The number of carboxylic acid groups (broad SMARTS) is 1. The van der Waals surface area contributed by atoms with Gasteiger partial charge in [0.1, 0.15) is 5.82 Å². The first-order valence-electron chi connectivity index (χ1n) is 10.2. The Balaban J connectivity index is 1.55. The fourth-order valence-corrected chi connectivity index (χ4v) is 4.04. The van der Waals surface area contributed by atoms with Crippen molar-refractivity contribution in [1.29, 1.82) is 0 Å². The molecule has 1 amide bonds. The van der Waals surface area contributed by atoms with Gasteiger partial charge in [-0.15, -0.1) is 0 Å². The summed E-state index contributed by atoms with van der Waals surface area (Å²) in [6, 6.07) is 19.0. The fraction of sp³-hybridized carbons (Fsp3) is 0.200. The zero-order valence-electron chi connectivity index (χ0n) is 17.1. The predicted octanol–water partition coefficient (Wildman–Crippen LogP) is 5.08. The van der Waals surface area contributed by atoms with E-state index in [1.807, 2.05) is 0 Å². The number of nitrogens with zero attached hydrogens (tertiary/aromatic N) is 1. The molecule has 1 aliphatic rings. The van der Waals surface area contributed by atoms with E-state index in [2.05, 4.69) is 41.4 Å². The Morgan fingerprint density at radius 1 is 1.03 bits per heavy atom. The van der Waals surface area contributed by atoms with Crippen LogP contribution in [0.4, 0.5) is 15.8 Å². The zero-order chi connectivity index (χ0) is 22.0. The van der Waals surface area contributed by atoms with E-state index < -0.39 is 17.7 Å². The van der Waals surface area contributed by atoms with Gasteiger partial charge < -0.3 is 15.3 Å². The summed E-state index contributed by atoms with van der Waals surface area (Å²) in [7, 11) is 0. The van der Waals surface area contributed by atoms with Gasteiger partial charge in [0.2, 0.25) is 0 Å². The highest BCUT2D eigenvalue weighted by molar-refractivity contribution is 6.08. The lowest BCUT2D eigenvalue weighted by atomic mass is 9.97. The van der Waals surface area contributed by atoms with Gasteiger partial charge in [-0.2, -0.15) is 0 Å². The average molecular weight is 418 g/mol. The molecule has 158 valence electrons. The van der Waals surface area contributed by atoms with Gasteiger partial charge in [-0.3, -0.25) is 4.79 Å². The van der Waals surface area contributed by atoms with Crippen LogP contribution in [0.25, 0.3) is 0 Å². The molecule has 0 bridgehead atoms. The Morgan fingerprint density at radius 3 is 2.58 bits per heavy atom. The smallest absolute Gasteiger partial charge is 0.337 e. The first kappa shape index (κ1) is 20.6. The topological polar surface area (TPSA) is 69.6 Å². The fourth-order valence-electron chi connectivity index (χ4n) is 4.04. The molecule has 0 radical (unpaired) electrons. The zero-order valence-corrected chi connectivity index (χ0v) is 17.1. The molecule has 0 saturated carbocycles. The summed E-state index contributed by atoms with van der Waals surface area (Å²) in [6.07, 6.45) is 0.984. The highest BCUT2D eigenvalue weighted by Crippen LogP contribution is 2.33. The van der Waals surface area contributed by atoms with Crippen LogP contribution >= 0.6 is 0 Å². The average Bonchev–Trinajstić information content (AvgIpc) is 3.24. The number of carbonyl (C=O) groups is 2. The van der Waals surface area contributed by atoms with Crippen molar-refractivity contribution in [2.45, 2.75) is 19.3 Å². The van der Waals surface area contributed by atoms with Crippen LogP contribution in [0.2, 0.25) is 0 Å². The van der Waals surface area contributed by atoms with E-state index in [1.54, 1.807) is 24.3 Å². The van der Waals surface area contributed by atoms with Crippen LogP contribution in [-0.4, -0.2) is 30.1 Å². The Kier molecular flexibility index (Phi) is 5.71. The molecule has 1 fully saturated rings. The maximum atomic E-state index is 13.9. The van der Waals surface area contributed by atoms with Crippen molar-refractivity contribution in [2.75, 3.05) is 23.3 Å². The van der Waals surface area contributed by atoms with Crippen molar-refractivity contribution in [3.63, 3.8) is 0 Å². The monoisotopic (exact) mass is 418 g/mol. The standard InChI is InChI=1S/C25H23FN2O3/c1-16-5-4-6-17(13-16)18-11-12-28(15-18)19-9-10-23(21(14-19)25(30)31)27-24(29)20-7-2-3-8-22(20)26/h2-10,13-14,18H,11-12,15H2,1H3,(H,27,29)(H,30,31). The molecule has 1 aliphatic heterocycles. The quantitative estimate of drug-likeness (QED) is 0.606. The van der Waals surface area contributed by atoms with Gasteiger partial charge in [0, 0.05) is 24.7 Å². The number of amides is 1. The van der Waals surface area contributed by atoms with Gasteiger partial charge in [-0.25, -0.2) is 9.18 Å². The van der Waals surface area contributed by atoms with Gasteiger partial charge >= 0.3 is 5.97 Å². The van der Waals surface area contributed by atoms with Crippen molar-refractivity contribution in [1.82, 2.24) is 0 Å². The molecule has 1 atom stereocenters. The lowest BCUT2D eigenvalue weighted by Gasteiger charge is -2.20. The Morgan fingerprint density at radius 2 is 1.84 bits per heavy atom. The van der Waals surface area contributed by atoms with E-state index in [-0.39, 0.29) is 16.8 Å². The molecule has 0 spiro atoms. The molecule has 3 aromatic rings. The lowest BCUT2D eigenvalue weighted by molar-refractivity contribution is 0.0698. The second-order valence-electron chi connectivity index (χ2n) is 7.81. The van der Waals surface area contributed by atoms with Gasteiger partial charge in [0.25, 0.3) is 5.91 Å². The predicted molar refractivity (Wildman–Crippen MR) is 119 cm³/mol. The number of carboxylic acids is 1. The van der Waals surface area contributed by atoms with E-state index in [0.717, 1.165) is 25.2 Å². The molecular formula is C25H23FN2O3. The van der Waals surface area contributed by atoms with Gasteiger partial charge in [0.15, 0.2) is 0 Å². The molecular weight excluding hydrogens is 395 g/mol. The Labute approximate surface area is 180 Å². The van der Waals surface area contributed by atoms with Gasteiger partial charge in [-0.05, 0) is 49.2 Å². The van der Waals surface area contributed by atoms with Crippen LogP contribution in [0.5, 0.6) is 0 Å². The molecule has 4 rings (SSSR count). The first-order chi connectivity index (χ1) is 14.9. The Hall–Kier alpha value is -3.67. The number of aryl methyl sites for hydroxylation is 1. The summed E-state index contributed by atoms with van der Waals surface area (Å²) in [5.41, 5.74) is 3.27. The molecule has 3 aromatic carbocycles. The summed E-state index contributed by atoms with van der Waals surface area (Å²) >= 11 is 0. The molecule has 1 unspecified atom stereocenters. The molecule has 31 heavy (non-hydrogen) atoms. The van der Waals surface area contributed by atoms with Crippen molar-refractivity contribution in [3.8, 4) is 0 Å². The second-order valence-corrected chi connectivity index (χ2v) is 7.81. The van der Waals surface area contributed by atoms with Crippen molar-refractivity contribution in [3.05, 3.63) is 94.8 Å². The van der Waals surface area contributed by atoms with Crippen LogP contribution < -0.4 is 10.2 Å². The van der Waals surface area contributed by atoms with E-state index in [0.29, 0.717) is 5.92 Å². The van der Waals surface area contributed by atoms with Crippen molar-refractivity contribution >= 4 is 23.3 Å². The summed E-state index contributed by atoms with van der Waals surface area (Å²) < 4.78 is 13.9. The summed E-state index contributed by atoms with van der Waals surface area (Å²) in [6.45, 7) is 3.69. The highest BCUT2D eigenvalue weighted by Gasteiger charge is 2.25. The van der Waals surface area contributed by atoms with Gasteiger partial charge in [-0.1, -0.05) is 42.0 Å². The number of hydrogen-bond donors (Lipinski definition) is 2. The summed E-state index contributed by atoms with van der Waals surface area (Å²) in [4.78, 5) is 26.4. The Bertz CT molecular complexity index is 1150. The number of hydrogen-bond acceptors (Lipinski definition) is 3. The maximum absolute atomic E-state index is 13.9. The minimum atomic E-state index is -1.15. The van der Waals surface area contributed by atoms with E-state index in [1.165, 1.54) is 29.3 Å². The molecule has 0 aliphatic carbocycles. The first-order valence-corrected chi connectivity index (χ1v) is 10.2. The van der Waals surface area contributed by atoms with E-state index in [9.17, 15) is 19.1 Å². The highest BCUT2D eigenvalue weighted by atomic mass is 19.1. The van der Waals surface area contributed by atoms with Crippen LogP contribution in [-0.2, 0) is 0 Å². The number of rotatable bonds is 5. The maximum Gasteiger partial charge on any atom is 0.337 e. The van der Waals surface area contributed by atoms with E-state index in [4.69, 9.17) is 0 Å². The van der Waals surface area contributed by atoms with E-state index >= 15 is 0 Å². The number of carbonyl (C=O) groups excluding carboxylic acids is 1. The third kappa shape index (κ3) is 4.43. The number of aromatic carboxylic acids is 1. The second kappa shape index (κ2) is 8.60.